The molecular weight excluding hydrogens is 254 g/mol. The second-order valence-electron chi connectivity index (χ2n) is 4.17. The van der Waals surface area contributed by atoms with E-state index in [-0.39, 0.29) is 5.91 Å². The van der Waals surface area contributed by atoms with Crippen molar-refractivity contribution < 1.29 is 14.7 Å². The third kappa shape index (κ3) is 2.79. The summed E-state index contributed by atoms with van der Waals surface area (Å²) in [6, 6.07) is 0. The lowest BCUT2D eigenvalue weighted by Gasteiger charge is -2.04. The number of amides is 1. The number of thiazole rings is 1. The van der Waals surface area contributed by atoms with Gasteiger partial charge in [0.15, 0.2) is 5.13 Å². The number of carbonyl (C=O) groups excluding carboxylic acids is 1. The maximum atomic E-state index is 11.0. The van der Waals surface area contributed by atoms with Crippen molar-refractivity contribution in [3.8, 4) is 0 Å². The lowest BCUT2D eigenvalue weighted by atomic mass is 10.1. The smallest absolute Gasteiger partial charge is 0.312 e. The van der Waals surface area contributed by atoms with E-state index in [9.17, 15) is 9.59 Å². The van der Waals surface area contributed by atoms with E-state index in [1.165, 1.54) is 18.3 Å². The van der Waals surface area contributed by atoms with E-state index in [4.69, 9.17) is 5.11 Å². The molecule has 0 spiro atoms. The van der Waals surface area contributed by atoms with Gasteiger partial charge in [-0.2, -0.15) is 0 Å². The Morgan fingerprint density at radius 2 is 2.28 bits per heavy atom. The largest absolute Gasteiger partial charge is 0.481 e. The van der Waals surface area contributed by atoms with Gasteiger partial charge >= 0.3 is 5.97 Å². The Labute approximate surface area is 108 Å². The zero-order valence-corrected chi connectivity index (χ0v) is 10.8. The number of fused-ring (bicyclic) bond motifs is 1. The first-order valence-electron chi connectivity index (χ1n) is 5.78. The highest BCUT2D eigenvalue weighted by Gasteiger charge is 2.32. The molecule has 1 amide bonds. The molecule has 1 aromatic rings. The third-order valence-corrected chi connectivity index (χ3v) is 3.88. The van der Waals surface area contributed by atoms with Crippen LogP contribution >= 0.6 is 11.3 Å². The minimum atomic E-state index is -0.802. The molecule has 1 heterocycles. The molecular formula is C11H15N3O3S. The van der Waals surface area contributed by atoms with Crippen molar-refractivity contribution in [3.63, 3.8) is 0 Å². The monoisotopic (exact) mass is 269 g/mol. The van der Waals surface area contributed by atoms with Gasteiger partial charge in [0.2, 0.25) is 5.91 Å². The summed E-state index contributed by atoms with van der Waals surface area (Å²) in [5.74, 6) is -1.32. The van der Waals surface area contributed by atoms with E-state index < -0.39 is 11.9 Å². The predicted octanol–water partition coefficient (Wildman–Crippen LogP) is 0.805. The van der Waals surface area contributed by atoms with Crippen molar-refractivity contribution in [3.05, 3.63) is 10.6 Å². The van der Waals surface area contributed by atoms with E-state index >= 15 is 0 Å². The van der Waals surface area contributed by atoms with Gasteiger partial charge in [0.1, 0.15) is 5.92 Å². The Balaban J connectivity index is 1.91. The number of nitrogens with zero attached hydrogens (tertiary/aromatic N) is 1. The van der Waals surface area contributed by atoms with Gasteiger partial charge in [-0.15, -0.1) is 11.3 Å². The molecule has 1 atom stereocenters. The molecule has 1 aliphatic carbocycles. The molecule has 1 aromatic heterocycles. The molecule has 1 unspecified atom stereocenters. The minimum Gasteiger partial charge on any atom is -0.481 e. The number of anilines is 1. The molecule has 98 valence electrons. The van der Waals surface area contributed by atoms with Gasteiger partial charge in [0.05, 0.1) is 5.69 Å². The Morgan fingerprint density at radius 3 is 2.94 bits per heavy atom. The number of carboxylic acids is 1. The minimum absolute atomic E-state index is 0.0654. The van der Waals surface area contributed by atoms with Crippen molar-refractivity contribution in [2.45, 2.75) is 25.7 Å². The molecule has 0 aliphatic heterocycles. The van der Waals surface area contributed by atoms with Crippen LogP contribution in [0.15, 0.2) is 0 Å². The highest BCUT2D eigenvalue weighted by Crippen LogP contribution is 2.38. The van der Waals surface area contributed by atoms with Crippen LogP contribution in [0, 0.1) is 0 Å². The van der Waals surface area contributed by atoms with Gasteiger partial charge in [0, 0.05) is 24.9 Å². The van der Waals surface area contributed by atoms with E-state index in [1.807, 2.05) is 0 Å². The molecule has 18 heavy (non-hydrogen) atoms. The van der Waals surface area contributed by atoms with Crippen molar-refractivity contribution in [1.82, 2.24) is 10.3 Å². The van der Waals surface area contributed by atoms with Gasteiger partial charge in [0.25, 0.3) is 0 Å². The fourth-order valence-corrected chi connectivity index (χ4v) is 3.02. The van der Waals surface area contributed by atoms with Crippen molar-refractivity contribution in [1.29, 1.82) is 0 Å². The number of hydrogen-bond acceptors (Lipinski definition) is 5. The summed E-state index contributed by atoms with van der Waals surface area (Å²) in [5.41, 5.74) is 0.703. The summed E-state index contributed by atoms with van der Waals surface area (Å²) >= 11 is 1.50. The number of aryl methyl sites for hydroxylation is 1. The van der Waals surface area contributed by atoms with Gasteiger partial charge in [-0.05, 0) is 12.8 Å². The first-order valence-corrected chi connectivity index (χ1v) is 6.60. The van der Waals surface area contributed by atoms with E-state index in [0.717, 1.165) is 16.4 Å². The van der Waals surface area contributed by atoms with Crippen LogP contribution < -0.4 is 10.6 Å². The second kappa shape index (κ2) is 5.34. The number of hydrogen-bond donors (Lipinski definition) is 3. The standard InChI is InChI=1S/C11H15N3O3S/c1-6(15)12-4-5-13-11-14-9-7(10(16)17)2-3-8(9)18-11/h7H,2-5H2,1H3,(H,12,15)(H,13,14)(H,16,17). The Bertz CT molecular complexity index is 472. The lowest BCUT2D eigenvalue weighted by molar-refractivity contribution is -0.138. The van der Waals surface area contributed by atoms with Gasteiger partial charge in [-0.3, -0.25) is 9.59 Å². The molecule has 0 aromatic carbocycles. The quantitative estimate of drug-likeness (QED) is 0.688. The molecule has 0 saturated heterocycles. The molecule has 3 N–H and O–H groups in total. The van der Waals surface area contributed by atoms with Crippen molar-refractivity contribution in [2.75, 3.05) is 18.4 Å². The van der Waals surface area contributed by atoms with Crippen LogP contribution in [0.2, 0.25) is 0 Å². The first kappa shape index (κ1) is 12.8. The van der Waals surface area contributed by atoms with Crippen LogP contribution in [0.5, 0.6) is 0 Å². The Morgan fingerprint density at radius 1 is 1.50 bits per heavy atom. The number of carbonyl (C=O) groups is 2. The SMILES string of the molecule is CC(=O)NCCNc1nc2c(s1)CCC2C(=O)O. The van der Waals surface area contributed by atoms with Gasteiger partial charge in [-0.25, -0.2) is 4.98 Å². The molecule has 0 saturated carbocycles. The number of aromatic nitrogens is 1. The van der Waals surface area contributed by atoms with Gasteiger partial charge < -0.3 is 15.7 Å². The molecule has 0 radical (unpaired) electrons. The van der Waals surface area contributed by atoms with Crippen LogP contribution in [-0.4, -0.2) is 35.1 Å². The van der Waals surface area contributed by atoms with Crippen LogP contribution in [0.3, 0.4) is 0 Å². The average molecular weight is 269 g/mol. The normalized spacial score (nSPS) is 17.3. The summed E-state index contributed by atoms with van der Waals surface area (Å²) in [4.78, 5) is 27.1. The number of aliphatic carboxylic acids is 1. The van der Waals surface area contributed by atoms with Gasteiger partial charge in [-0.1, -0.05) is 0 Å². The van der Waals surface area contributed by atoms with E-state index in [0.29, 0.717) is 25.2 Å². The molecule has 7 heteroatoms. The summed E-state index contributed by atoms with van der Waals surface area (Å²) in [6.45, 7) is 2.58. The summed E-state index contributed by atoms with van der Waals surface area (Å²) in [7, 11) is 0. The van der Waals surface area contributed by atoms with E-state index in [1.54, 1.807) is 0 Å². The molecule has 1 aliphatic rings. The lowest BCUT2D eigenvalue weighted by Crippen LogP contribution is -2.26. The predicted molar refractivity (Wildman–Crippen MR) is 68.0 cm³/mol. The summed E-state index contributed by atoms with van der Waals surface area (Å²) in [6.07, 6.45) is 1.44. The topological polar surface area (TPSA) is 91.3 Å². The summed E-state index contributed by atoms with van der Waals surface area (Å²) in [5, 5.41) is 15.5. The maximum absolute atomic E-state index is 11.0. The fourth-order valence-electron chi connectivity index (χ4n) is 1.95. The zero-order chi connectivity index (χ0) is 13.1. The van der Waals surface area contributed by atoms with Crippen LogP contribution in [0.1, 0.15) is 29.8 Å². The highest BCUT2D eigenvalue weighted by atomic mass is 32.1. The van der Waals surface area contributed by atoms with Crippen molar-refractivity contribution >= 4 is 28.3 Å². The maximum Gasteiger partial charge on any atom is 0.312 e. The van der Waals surface area contributed by atoms with Crippen LogP contribution in [-0.2, 0) is 16.0 Å². The zero-order valence-electron chi connectivity index (χ0n) is 10.0. The second-order valence-corrected chi connectivity index (χ2v) is 5.25. The Hall–Kier alpha value is -1.63. The van der Waals surface area contributed by atoms with Crippen molar-refractivity contribution in [2.24, 2.45) is 0 Å². The number of nitrogens with one attached hydrogen (secondary N) is 2. The number of carboxylic acid groups (broad SMARTS) is 1. The molecule has 6 nitrogen and oxygen atoms in total. The highest BCUT2D eigenvalue weighted by molar-refractivity contribution is 7.15. The summed E-state index contributed by atoms with van der Waals surface area (Å²) < 4.78 is 0. The first-order chi connectivity index (χ1) is 8.58. The van der Waals surface area contributed by atoms with E-state index in [2.05, 4.69) is 15.6 Å². The Kier molecular flexibility index (Phi) is 3.81. The third-order valence-electron chi connectivity index (χ3n) is 2.79. The van der Waals surface area contributed by atoms with Crippen LogP contribution in [0.4, 0.5) is 5.13 Å². The average Bonchev–Trinajstić information content (AvgIpc) is 2.82. The fraction of sp³-hybridized carbons (Fsp3) is 0.545. The molecule has 0 bridgehead atoms. The number of rotatable bonds is 5. The molecule has 2 rings (SSSR count). The van der Waals surface area contributed by atoms with Crippen LogP contribution in [0.25, 0.3) is 0 Å². The molecule has 0 fully saturated rings.